The van der Waals surface area contributed by atoms with E-state index in [2.05, 4.69) is 6.92 Å². The Bertz CT molecular complexity index is 250. The predicted octanol–water partition coefficient (Wildman–Crippen LogP) is 1.94. The first-order valence-electron chi connectivity index (χ1n) is 5.11. The number of hydrogen-bond acceptors (Lipinski definition) is 1. The molecule has 0 radical (unpaired) electrons. The molecule has 0 aromatic heterocycles. The Balaban J connectivity index is 1.95. The fourth-order valence-corrected chi connectivity index (χ4v) is 6.10. The van der Waals surface area contributed by atoms with Gasteiger partial charge in [-0.1, -0.05) is 6.92 Å². The van der Waals surface area contributed by atoms with Crippen molar-refractivity contribution in [3.8, 4) is 0 Å². The van der Waals surface area contributed by atoms with E-state index in [1.807, 2.05) is 0 Å². The lowest BCUT2D eigenvalue weighted by Gasteiger charge is -2.16. The summed E-state index contributed by atoms with van der Waals surface area (Å²) in [7, 11) is -0.456. The van der Waals surface area contributed by atoms with Crippen molar-refractivity contribution in [1.82, 2.24) is 0 Å². The molecule has 0 aromatic carbocycles. The van der Waals surface area contributed by atoms with E-state index < -0.39 is 10.8 Å². The van der Waals surface area contributed by atoms with E-state index in [4.69, 9.17) is 0 Å². The second-order valence-corrected chi connectivity index (χ2v) is 6.61. The summed E-state index contributed by atoms with van der Waals surface area (Å²) in [5.74, 6) is 2.73. The van der Waals surface area contributed by atoms with E-state index in [0.717, 1.165) is 17.6 Å². The zero-order chi connectivity index (χ0) is 8.34. The molecule has 1 nitrogen and oxygen atoms in total. The van der Waals surface area contributed by atoms with Gasteiger partial charge in [0, 0.05) is 21.8 Å². The molecule has 1 heterocycles. The van der Waals surface area contributed by atoms with Crippen molar-refractivity contribution in [3.05, 3.63) is 0 Å². The average Bonchev–Trinajstić information content (AvgIpc) is 2.47. The Morgan fingerprint density at radius 3 is 2.83 bits per heavy atom. The smallest absolute Gasteiger partial charge is 0.0435 e. The SMILES string of the molecule is CC1CC12CCC1CCS(=O)C12. The van der Waals surface area contributed by atoms with Crippen molar-refractivity contribution in [2.75, 3.05) is 5.75 Å². The van der Waals surface area contributed by atoms with E-state index in [1.54, 1.807) is 0 Å². The molecule has 3 rings (SSSR count). The summed E-state index contributed by atoms with van der Waals surface area (Å²) < 4.78 is 11.8. The van der Waals surface area contributed by atoms with Gasteiger partial charge in [0.1, 0.15) is 0 Å². The average molecular weight is 184 g/mol. The van der Waals surface area contributed by atoms with E-state index >= 15 is 0 Å². The van der Waals surface area contributed by atoms with Gasteiger partial charge in [0.25, 0.3) is 0 Å². The van der Waals surface area contributed by atoms with Crippen LogP contribution in [-0.4, -0.2) is 15.2 Å². The highest BCUT2D eigenvalue weighted by atomic mass is 32.2. The van der Waals surface area contributed by atoms with Crippen molar-refractivity contribution in [3.63, 3.8) is 0 Å². The maximum Gasteiger partial charge on any atom is 0.0435 e. The van der Waals surface area contributed by atoms with Gasteiger partial charge in [-0.3, -0.25) is 4.21 Å². The molecule has 0 amide bonds. The Hall–Kier alpha value is 0.150. The molecular formula is C10H16OS. The monoisotopic (exact) mass is 184 g/mol. The van der Waals surface area contributed by atoms with Crippen LogP contribution in [0.15, 0.2) is 0 Å². The first-order chi connectivity index (χ1) is 5.74. The second kappa shape index (κ2) is 2.14. The molecule has 2 saturated carbocycles. The Morgan fingerprint density at radius 1 is 1.42 bits per heavy atom. The van der Waals surface area contributed by atoms with Crippen molar-refractivity contribution >= 4 is 10.8 Å². The van der Waals surface area contributed by atoms with Gasteiger partial charge in [-0.2, -0.15) is 0 Å². The van der Waals surface area contributed by atoms with Gasteiger partial charge in [0.05, 0.1) is 0 Å². The van der Waals surface area contributed by atoms with Crippen LogP contribution in [0.2, 0.25) is 0 Å². The van der Waals surface area contributed by atoms with Crippen LogP contribution in [0.1, 0.15) is 32.6 Å². The van der Waals surface area contributed by atoms with E-state index in [9.17, 15) is 4.21 Å². The molecule has 1 spiro atoms. The van der Waals surface area contributed by atoms with Crippen LogP contribution in [0.4, 0.5) is 0 Å². The number of fused-ring (bicyclic) bond motifs is 2. The fourth-order valence-electron chi connectivity index (χ4n) is 3.64. The largest absolute Gasteiger partial charge is 0.259 e. The van der Waals surface area contributed by atoms with Crippen LogP contribution in [0, 0.1) is 17.3 Å². The Labute approximate surface area is 76.4 Å². The third kappa shape index (κ3) is 0.729. The summed E-state index contributed by atoms with van der Waals surface area (Å²) in [6, 6.07) is 0. The van der Waals surface area contributed by atoms with E-state index in [-0.39, 0.29) is 0 Å². The third-order valence-corrected chi connectivity index (χ3v) is 6.51. The summed E-state index contributed by atoms with van der Waals surface area (Å²) in [4.78, 5) is 0. The van der Waals surface area contributed by atoms with Crippen molar-refractivity contribution < 1.29 is 4.21 Å². The molecule has 68 valence electrons. The zero-order valence-corrected chi connectivity index (χ0v) is 8.40. The lowest BCUT2D eigenvalue weighted by atomic mass is 9.98. The van der Waals surface area contributed by atoms with Gasteiger partial charge < -0.3 is 0 Å². The predicted molar refractivity (Wildman–Crippen MR) is 50.4 cm³/mol. The van der Waals surface area contributed by atoms with E-state index in [1.165, 1.54) is 25.7 Å². The highest BCUT2D eigenvalue weighted by Crippen LogP contribution is 2.67. The molecule has 1 saturated heterocycles. The summed E-state index contributed by atoms with van der Waals surface area (Å²) in [5, 5.41) is 0.618. The van der Waals surface area contributed by atoms with Gasteiger partial charge in [0.2, 0.25) is 0 Å². The third-order valence-electron chi connectivity index (χ3n) is 4.46. The van der Waals surface area contributed by atoms with Crippen LogP contribution < -0.4 is 0 Å². The van der Waals surface area contributed by atoms with Crippen LogP contribution in [-0.2, 0) is 10.8 Å². The van der Waals surface area contributed by atoms with Crippen LogP contribution >= 0.6 is 0 Å². The molecule has 1 aliphatic heterocycles. The quantitative estimate of drug-likeness (QED) is 0.562. The zero-order valence-electron chi connectivity index (χ0n) is 7.58. The molecule has 0 N–H and O–H groups in total. The molecule has 5 unspecified atom stereocenters. The minimum absolute atomic E-state index is 0.456. The maximum atomic E-state index is 11.8. The van der Waals surface area contributed by atoms with Gasteiger partial charge in [-0.15, -0.1) is 0 Å². The topological polar surface area (TPSA) is 17.1 Å². The first-order valence-corrected chi connectivity index (χ1v) is 6.49. The Morgan fingerprint density at radius 2 is 2.17 bits per heavy atom. The minimum atomic E-state index is -0.456. The fraction of sp³-hybridized carbons (Fsp3) is 1.00. The van der Waals surface area contributed by atoms with Gasteiger partial charge in [0.15, 0.2) is 0 Å². The minimum Gasteiger partial charge on any atom is -0.259 e. The van der Waals surface area contributed by atoms with Crippen LogP contribution in [0.3, 0.4) is 0 Å². The van der Waals surface area contributed by atoms with E-state index in [0.29, 0.717) is 10.7 Å². The van der Waals surface area contributed by atoms with Crippen LogP contribution in [0.25, 0.3) is 0 Å². The highest BCUT2D eigenvalue weighted by molar-refractivity contribution is 7.86. The standard InChI is InChI=1S/C10H16OS/c1-7-6-10(7)4-2-8-3-5-12(11)9(8)10/h7-9H,2-6H2,1H3. The Kier molecular flexibility index (Phi) is 1.35. The second-order valence-electron chi connectivity index (χ2n) is 4.93. The first kappa shape index (κ1) is 7.54. The van der Waals surface area contributed by atoms with Crippen molar-refractivity contribution in [2.45, 2.75) is 37.9 Å². The molecule has 2 heteroatoms. The lowest BCUT2D eigenvalue weighted by Crippen LogP contribution is -2.23. The summed E-state index contributed by atoms with van der Waals surface area (Å²) in [6.45, 7) is 2.35. The molecule has 0 aromatic rings. The maximum absolute atomic E-state index is 11.8. The molecule has 0 bridgehead atoms. The normalized spacial score (nSPS) is 62.4. The molecular weight excluding hydrogens is 168 g/mol. The highest BCUT2D eigenvalue weighted by Gasteiger charge is 2.64. The molecule has 5 atom stereocenters. The van der Waals surface area contributed by atoms with Gasteiger partial charge in [-0.25, -0.2) is 0 Å². The van der Waals surface area contributed by atoms with Gasteiger partial charge in [-0.05, 0) is 42.9 Å². The number of rotatable bonds is 0. The summed E-state index contributed by atoms with van der Waals surface area (Å²) in [6.07, 6.45) is 5.39. The molecule has 3 fully saturated rings. The van der Waals surface area contributed by atoms with Gasteiger partial charge >= 0.3 is 0 Å². The molecule has 2 aliphatic carbocycles. The molecule has 3 aliphatic rings. The van der Waals surface area contributed by atoms with Crippen LogP contribution in [0.5, 0.6) is 0 Å². The summed E-state index contributed by atoms with van der Waals surface area (Å²) in [5.41, 5.74) is 0.575. The lowest BCUT2D eigenvalue weighted by molar-refractivity contribution is 0.467. The summed E-state index contributed by atoms with van der Waals surface area (Å²) >= 11 is 0. The molecule has 12 heavy (non-hydrogen) atoms. The van der Waals surface area contributed by atoms with Crippen molar-refractivity contribution in [1.29, 1.82) is 0 Å². The van der Waals surface area contributed by atoms with Crippen molar-refractivity contribution in [2.24, 2.45) is 17.3 Å². The number of hydrogen-bond donors (Lipinski definition) is 0.